The van der Waals surface area contributed by atoms with Gasteiger partial charge in [0.05, 0.1) is 5.69 Å². The molecular formula is C25H22N4O. The highest BCUT2D eigenvalue weighted by Crippen LogP contribution is 2.29. The third kappa shape index (κ3) is 3.28. The van der Waals surface area contributed by atoms with Crippen LogP contribution < -0.4 is 10.5 Å². The van der Waals surface area contributed by atoms with Crippen molar-refractivity contribution in [1.29, 1.82) is 0 Å². The first kappa shape index (κ1) is 18.3. The number of benzene rings is 2. The van der Waals surface area contributed by atoms with Crippen molar-refractivity contribution in [2.75, 3.05) is 18.0 Å². The number of aromatic nitrogens is 3. The third-order valence-electron chi connectivity index (χ3n) is 5.66. The van der Waals surface area contributed by atoms with E-state index in [0.717, 1.165) is 18.5 Å². The van der Waals surface area contributed by atoms with E-state index >= 15 is 0 Å². The van der Waals surface area contributed by atoms with Crippen LogP contribution in [-0.2, 0) is 7.05 Å². The summed E-state index contributed by atoms with van der Waals surface area (Å²) in [6.07, 6.45) is 6.66. The van der Waals surface area contributed by atoms with Crippen LogP contribution in [0.25, 0.3) is 27.6 Å². The predicted octanol–water partition coefficient (Wildman–Crippen LogP) is 4.29. The molecule has 5 nitrogen and oxygen atoms in total. The lowest BCUT2D eigenvalue weighted by molar-refractivity contribution is 0.727. The Morgan fingerprint density at radius 3 is 2.63 bits per heavy atom. The zero-order chi connectivity index (χ0) is 20.5. The minimum atomic E-state index is -0.0620. The van der Waals surface area contributed by atoms with E-state index < -0.39 is 0 Å². The Hall–Kier alpha value is -3.73. The topological polar surface area (TPSA) is 51.0 Å². The second-order valence-electron chi connectivity index (χ2n) is 7.54. The van der Waals surface area contributed by atoms with E-state index in [1.807, 2.05) is 12.1 Å². The van der Waals surface area contributed by atoms with Crippen LogP contribution >= 0.6 is 0 Å². The largest absolute Gasteiger partial charge is 0.338 e. The fourth-order valence-corrected chi connectivity index (χ4v) is 4.10. The van der Waals surface area contributed by atoms with Gasteiger partial charge < -0.3 is 4.90 Å². The molecule has 1 aliphatic rings. The highest BCUT2D eigenvalue weighted by atomic mass is 16.1. The van der Waals surface area contributed by atoms with Gasteiger partial charge in [-0.1, -0.05) is 48.5 Å². The van der Waals surface area contributed by atoms with E-state index in [9.17, 15) is 4.79 Å². The Balaban J connectivity index is 1.54. The van der Waals surface area contributed by atoms with Crippen LogP contribution in [0.15, 0.2) is 83.9 Å². The maximum absolute atomic E-state index is 12.7. The molecule has 5 rings (SSSR count). The third-order valence-corrected chi connectivity index (χ3v) is 5.66. The lowest BCUT2D eigenvalue weighted by atomic mass is 9.95. The summed E-state index contributed by atoms with van der Waals surface area (Å²) in [6.45, 7) is 1.54. The van der Waals surface area contributed by atoms with Crippen molar-refractivity contribution in [3.63, 3.8) is 0 Å². The molecule has 0 saturated carbocycles. The molecule has 0 aliphatic carbocycles. The standard InChI is InChI=1S/C25H22N4O/c1-28-24(30)16-23(19-11-13-26-14-12-19)27-25(28)29-15-5-8-20(17-29)22-10-4-7-18-6-2-3-9-21(18)22/h2-4,6-14,16H,5,15,17H2,1H3. The fraction of sp³-hybridized carbons (Fsp3) is 0.160. The summed E-state index contributed by atoms with van der Waals surface area (Å²) in [5.41, 5.74) is 4.02. The van der Waals surface area contributed by atoms with Crippen LogP contribution in [0, 0.1) is 0 Å². The SMILES string of the molecule is Cn1c(N2CCC=C(c3cccc4ccccc34)C2)nc(-c2ccncc2)cc1=O. The molecule has 5 heteroatoms. The number of hydrogen-bond donors (Lipinski definition) is 0. The summed E-state index contributed by atoms with van der Waals surface area (Å²) < 4.78 is 1.64. The summed E-state index contributed by atoms with van der Waals surface area (Å²) in [6, 6.07) is 20.2. The van der Waals surface area contributed by atoms with Gasteiger partial charge in [-0.05, 0) is 40.5 Å². The molecule has 3 heterocycles. The highest BCUT2D eigenvalue weighted by molar-refractivity contribution is 5.94. The summed E-state index contributed by atoms with van der Waals surface area (Å²) >= 11 is 0. The Labute approximate surface area is 175 Å². The monoisotopic (exact) mass is 394 g/mol. The van der Waals surface area contributed by atoms with E-state index in [2.05, 4.69) is 58.4 Å². The van der Waals surface area contributed by atoms with Gasteiger partial charge in [0.15, 0.2) is 0 Å². The fourth-order valence-electron chi connectivity index (χ4n) is 4.10. The molecule has 148 valence electrons. The first-order chi connectivity index (χ1) is 14.7. The predicted molar refractivity (Wildman–Crippen MR) is 121 cm³/mol. The second-order valence-corrected chi connectivity index (χ2v) is 7.54. The van der Waals surface area contributed by atoms with Gasteiger partial charge in [0, 0.05) is 44.2 Å². The normalized spacial score (nSPS) is 14.0. The Bertz CT molecular complexity index is 1300. The van der Waals surface area contributed by atoms with Crippen LogP contribution in [0.5, 0.6) is 0 Å². The molecule has 1 aliphatic heterocycles. The van der Waals surface area contributed by atoms with Gasteiger partial charge in [0.25, 0.3) is 5.56 Å². The van der Waals surface area contributed by atoms with Gasteiger partial charge in [0.2, 0.25) is 5.95 Å². The number of anilines is 1. The molecule has 0 atom stereocenters. The average molecular weight is 394 g/mol. The number of fused-ring (bicyclic) bond motifs is 1. The zero-order valence-electron chi connectivity index (χ0n) is 16.8. The molecule has 0 N–H and O–H groups in total. The maximum Gasteiger partial charge on any atom is 0.255 e. The molecule has 0 amide bonds. The summed E-state index contributed by atoms with van der Waals surface area (Å²) in [4.78, 5) is 23.8. The van der Waals surface area contributed by atoms with E-state index in [1.165, 1.54) is 21.9 Å². The first-order valence-corrected chi connectivity index (χ1v) is 10.1. The molecule has 0 radical (unpaired) electrons. The van der Waals surface area contributed by atoms with Crippen molar-refractivity contribution >= 4 is 22.3 Å². The van der Waals surface area contributed by atoms with Gasteiger partial charge in [-0.2, -0.15) is 0 Å². The van der Waals surface area contributed by atoms with Crippen LogP contribution in [-0.4, -0.2) is 27.6 Å². The maximum atomic E-state index is 12.7. The molecule has 0 bridgehead atoms. The average Bonchev–Trinajstić information content (AvgIpc) is 2.81. The lowest BCUT2D eigenvalue weighted by Gasteiger charge is -2.30. The Morgan fingerprint density at radius 2 is 1.77 bits per heavy atom. The summed E-state index contributed by atoms with van der Waals surface area (Å²) in [7, 11) is 1.79. The molecule has 0 fully saturated rings. The van der Waals surface area contributed by atoms with Gasteiger partial charge in [-0.3, -0.25) is 14.3 Å². The molecule has 2 aromatic heterocycles. The molecule has 2 aromatic carbocycles. The first-order valence-electron chi connectivity index (χ1n) is 10.1. The number of hydrogen-bond acceptors (Lipinski definition) is 4. The smallest absolute Gasteiger partial charge is 0.255 e. The Kier molecular flexibility index (Phi) is 4.64. The van der Waals surface area contributed by atoms with Crippen molar-refractivity contribution in [2.24, 2.45) is 7.05 Å². The van der Waals surface area contributed by atoms with Crippen LogP contribution in [0.3, 0.4) is 0 Å². The summed E-state index contributed by atoms with van der Waals surface area (Å²) in [5, 5.41) is 2.48. The molecule has 0 spiro atoms. The zero-order valence-corrected chi connectivity index (χ0v) is 16.8. The molecule has 30 heavy (non-hydrogen) atoms. The van der Waals surface area contributed by atoms with Crippen molar-refractivity contribution in [1.82, 2.24) is 14.5 Å². The van der Waals surface area contributed by atoms with Crippen molar-refractivity contribution < 1.29 is 0 Å². The van der Waals surface area contributed by atoms with E-state index in [4.69, 9.17) is 4.98 Å². The van der Waals surface area contributed by atoms with Crippen LogP contribution in [0.1, 0.15) is 12.0 Å². The molecule has 0 unspecified atom stereocenters. The quantitative estimate of drug-likeness (QED) is 0.520. The second kappa shape index (κ2) is 7.59. The number of rotatable bonds is 3. The van der Waals surface area contributed by atoms with Gasteiger partial charge in [0.1, 0.15) is 0 Å². The van der Waals surface area contributed by atoms with Crippen molar-refractivity contribution in [3.05, 3.63) is 95.1 Å². The Morgan fingerprint density at radius 1 is 0.967 bits per heavy atom. The van der Waals surface area contributed by atoms with Crippen molar-refractivity contribution in [2.45, 2.75) is 6.42 Å². The van der Waals surface area contributed by atoms with Crippen LogP contribution in [0.2, 0.25) is 0 Å². The van der Waals surface area contributed by atoms with Gasteiger partial charge in [-0.15, -0.1) is 0 Å². The number of pyridine rings is 1. The van der Waals surface area contributed by atoms with Gasteiger partial charge >= 0.3 is 0 Å². The minimum absolute atomic E-state index is 0.0620. The van der Waals surface area contributed by atoms with Crippen LogP contribution in [0.4, 0.5) is 5.95 Å². The van der Waals surface area contributed by atoms with Crippen molar-refractivity contribution in [3.8, 4) is 11.3 Å². The lowest BCUT2D eigenvalue weighted by Crippen LogP contribution is -2.35. The summed E-state index contributed by atoms with van der Waals surface area (Å²) in [5.74, 6) is 0.695. The minimum Gasteiger partial charge on any atom is -0.338 e. The van der Waals surface area contributed by atoms with E-state index in [0.29, 0.717) is 18.2 Å². The van der Waals surface area contributed by atoms with E-state index in [-0.39, 0.29) is 5.56 Å². The molecule has 0 saturated heterocycles. The van der Waals surface area contributed by atoms with Gasteiger partial charge in [-0.25, -0.2) is 4.98 Å². The van der Waals surface area contributed by atoms with E-state index in [1.54, 1.807) is 30.1 Å². The number of nitrogens with zero attached hydrogens (tertiary/aromatic N) is 4. The highest BCUT2D eigenvalue weighted by Gasteiger charge is 2.20. The molecule has 4 aromatic rings. The molecular weight excluding hydrogens is 372 g/mol.